The number of amides is 1. The third-order valence-corrected chi connectivity index (χ3v) is 5.25. The standard InChI is InChI=1S/C21H27N5O3/c1-21(2,3)28-20(27)23-16-9-7-13(8-10-16)19-24-18(25-29-19)14-5-6-15-12-22-26(4)17(15)11-14/h5-6,11-13,16H,7-10H2,1-4H3,(H,23,27). The van der Waals surface area contributed by atoms with Gasteiger partial charge in [-0.15, -0.1) is 0 Å². The fraction of sp³-hybridized carbons (Fsp3) is 0.524. The molecule has 0 radical (unpaired) electrons. The molecule has 1 N–H and O–H groups in total. The highest BCUT2D eigenvalue weighted by Crippen LogP contribution is 2.33. The molecule has 8 nitrogen and oxygen atoms in total. The van der Waals surface area contributed by atoms with E-state index in [1.165, 1.54) is 0 Å². The Balaban J connectivity index is 1.38. The van der Waals surface area contributed by atoms with E-state index in [1.54, 1.807) is 0 Å². The van der Waals surface area contributed by atoms with Gasteiger partial charge in [0, 0.05) is 30.0 Å². The maximum atomic E-state index is 12.0. The SMILES string of the molecule is Cn1ncc2ccc(-c3noc(C4CCC(NC(=O)OC(C)(C)C)CC4)n3)cc21. The van der Waals surface area contributed by atoms with Gasteiger partial charge in [-0.05, 0) is 52.5 Å². The van der Waals surface area contributed by atoms with Crippen LogP contribution in [0.15, 0.2) is 28.9 Å². The van der Waals surface area contributed by atoms with Gasteiger partial charge >= 0.3 is 6.09 Å². The fourth-order valence-electron chi connectivity index (χ4n) is 3.76. The molecular weight excluding hydrogens is 370 g/mol. The summed E-state index contributed by atoms with van der Waals surface area (Å²) in [4.78, 5) is 16.6. The fourth-order valence-corrected chi connectivity index (χ4v) is 3.76. The summed E-state index contributed by atoms with van der Waals surface area (Å²) >= 11 is 0. The van der Waals surface area contributed by atoms with Gasteiger partial charge in [-0.25, -0.2) is 4.79 Å². The third kappa shape index (κ3) is 4.41. The summed E-state index contributed by atoms with van der Waals surface area (Å²) in [5.41, 5.74) is 1.46. The highest BCUT2D eigenvalue weighted by Gasteiger charge is 2.28. The molecule has 1 aliphatic carbocycles. The van der Waals surface area contributed by atoms with Crippen molar-refractivity contribution < 1.29 is 14.1 Å². The topological polar surface area (TPSA) is 95.1 Å². The number of aromatic nitrogens is 4. The van der Waals surface area contributed by atoms with Gasteiger partial charge in [0.15, 0.2) is 0 Å². The average molecular weight is 397 g/mol. The van der Waals surface area contributed by atoms with Crippen LogP contribution in [0.25, 0.3) is 22.3 Å². The number of alkyl carbamates (subject to hydrolysis) is 1. The second-order valence-electron chi connectivity index (χ2n) is 8.69. The minimum atomic E-state index is -0.486. The van der Waals surface area contributed by atoms with Crippen LogP contribution >= 0.6 is 0 Å². The van der Waals surface area contributed by atoms with E-state index in [1.807, 2.05) is 56.9 Å². The molecule has 3 aromatic rings. The number of hydrogen-bond acceptors (Lipinski definition) is 6. The third-order valence-electron chi connectivity index (χ3n) is 5.25. The van der Waals surface area contributed by atoms with Gasteiger partial charge in [-0.2, -0.15) is 10.1 Å². The summed E-state index contributed by atoms with van der Waals surface area (Å²) in [6, 6.07) is 6.15. The molecule has 1 fully saturated rings. The van der Waals surface area contributed by atoms with Gasteiger partial charge in [-0.1, -0.05) is 17.3 Å². The quantitative estimate of drug-likeness (QED) is 0.712. The Hall–Kier alpha value is -2.90. The molecule has 0 atom stereocenters. The second-order valence-corrected chi connectivity index (χ2v) is 8.69. The van der Waals surface area contributed by atoms with E-state index >= 15 is 0 Å². The van der Waals surface area contributed by atoms with Crippen LogP contribution in [-0.2, 0) is 11.8 Å². The molecule has 0 spiro atoms. The first kappa shape index (κ1) is 19.4. The van der Waals surface area contributed by atoms with Crippen LogP contribution in [0.3, 0.4) is 0 Å². The number of fused-ring (bicyclic) bond motifs is 1. The van der Waals surface area contributed by atoms with Crippen LogP contribution in [0.4, 0.5) is 4.79 Å². The van der Waals surface area contributed by atoms with E-state index in [-0.39, 0.29) is 18.1 Å². The van der Waals surface area contributed by atoms with E-state index in [0.29, 0.717) is 11.7 Å². The van der Waals surface area contributed by atoms with Crippen LogP contribution in [0.2, 0.25) is 0 Å². The molecule has 2 heterocycles. The lowest BCUT2D eigenvalue weighted by atomic mass is 9.86. The average Bonchev–Trinajstić information content (AvgIpc) is 3.28. The minimum Gasteiger partial charge on any atom is -0.444 e. The Morgan fingerprint density at radius 3 is 2.72 bits per heavy atom. The minimum absolute atomic E-state index is 0.121. The number of aryl methyl sites for hydroxylation is 1. The lowest BCUT2D eigenvalue weighted by Crippen LogP contribution is -2.40. The van der Waals surface area contributed by atoms with Crippen molar-refractivity contribution in [3.8, 4) is 11.4 Å². The molecule has 0 unspecified atom stereocenters. The summed E-state index contributed by atoms with van der Waals surface area (Å²) in [5, 5.41) is 12.5. The Morgan fingerprint density at radius 2 is 2.00 bits per heavy atom. The number of nitrogens with one attached hydrogen (secondary N) is 1. The zero-order chi connectivity index (χ0) is 20.6. The predicted molar refractivity (Wildman–Crippen MR) is 108 cm³/mol. The lowest BCUT2D eigenvalue weighted by molar-refractivity contribution is 0.0490. The number of carbonyl (C=O) groups is 1. The van der Waals surface area contributed by atoms with Crippen molar-refractivity contribution in [2.45, 2.75) is 64.0 Å². The summed E-state index contributed by atoms with van der Waals surface area (Å²) < 4.78 is 12.7. The van der Waals surface area contributed by atoms with E-state index in [2.05, 4.69) is 20.6 Å². The first-order valence-electron chi connectivity index (χ1n) is 10.0. The van der Waals surface area contributed by atoms with E-state index < -0.39 is 5.60 Å². The Kier molecular flexibility index (Phi) is 5.02. The van der Waals surface area contributed by atoms with Gasteiger partial charge in [0.1, 0.15) is 5.60 Å². The van der Waals surface area contributed by atoms with Crippen molar-refractivity contribution in [1.82, 2.24) is 25.2 Å². The van der Waals surface area contributed by atoms with Gasteiger partial charge in [0.25, 0.3) is 0 Å². The zero-order valence-corrected chi connectivity index (χ0v) is 17.3. The van der Waals surface area contributed by atoms with Gasteiger partial charge in [0.05, 0.1) is 11.7 Å². The first-order valence-corrected chi connectivity index (χ1v) is 10.0. The smallest absolute Gasteiger partial charge is 0.407 e. The number of nitrogens with zero attached hydrogens (tertiary/aromatic N) is 4. The summed E-state index contributed by atoms with van der Waals surface area (Å²) in [6.07, 6.45) is 4.99. The zero-order valence-electron chi connectivity index (χ0n) is 17.3. The van der Waals surface area contributed by atoms with Crippen LogP contribution in [-0.4, -0.2) is 37.7 Å². The summed E-state index contributed by atoms with van der Waals surface area (Å²) in [5.74, 6) is 1.48. The van der Waals surface area contributed by atoms with Crippen LogP contribution in [0.5, 0.6) is 0 Å². The Morgan fingerprint density at radius 1 is 1.24 bits per heavy atom. The Labute approximate surface area is 169 Å². The van der Waals surface area contributed by atoms with Crippen molar-refractivity contribution in [3.05, 3.63) is 30.3 Å². The second kappa shape index (κ2) is 7.50. The molecule has 0 bridgehead atoms. The molecule has 29 heavy (non-hydrogen) atoms. The maximum Gasteiger partial charge on any atom is 0.407 e. The lowest BCUT2D eigenvalue weighted by Gasteiger charge is -2.28. The normalized spacial score (nSPS) is 20.0. The van der Waals surface area contributed by atoms with Crippen molar-refractivity contribution in [1.29, 1.82) is 0 Å². The van der Waals surface area contributed by atoms with Crippen molar-refractivity contribution in [2.75, 3.05) is 0 Å². The molecule has 8 heteroatoms. The molecule has 2 aromatic heterocycles. The summed E-state index contributed by atoms with van der Waals surface area (Å²) in [6.45, 7) is 5.59. The largest absolute Gasteiger partial charge is 0.444 e. The van der Waals surface area contributed by atoms with E-state index in [4.69, 9.17) is 9.26 Å². The molecule has 154 valence electrons. The maximum absolute atomic E-state index is 12.0. The van der Waals surface area contributed by atoms with Crippen LogP contribution < -0.4 is 5.32 Å². The van der Waals surface area contributed by atoms with E-state index in [0.717, 1.165) is 42.1 Å². The molecule has 1 amide bonds. The van der Waals surface area contributed by atoms with Crippen molar-refractivity contribution in [3.63, 3.8) is 0 Å². The highest BCUT2D eigenvalue weighted by molar-refractivity contribution is 5.83. The highest BCUT2D eigenvalue weighted by atomic mass is 16.6. The Bertz CT molecular complexity index is 1010. The van der Waals surface area contributed by atoms with Gasteiger partial charge in [-0.3, -0.25) is 4.68 Å². The number of ether oxygens (including phenoxy) is 1. The van der Waals surface area contributed by atoms with Gasteiger partial charge in [0.2, 0.25) is 11.7 Å². The van der Waals surface area contributed by atoms with Gasteiger partial charge < -0.3 is 14.6 Å². The first-order chi connectivity index (χ1) is 13.8. The molecule has 0 aliphatic heterocycles. The monoisotopic (exact) mass is 397 g/mol. The van der Waals surface area contributed by atoms with Crippen LogP contribution in [0.1, 0.15) is 58.3 Å². The molecule has 4 rings (SSSR count). The van der Waals surface area contributed by atoms with Crippen molar-refractivity contribution in [2.24, 2.45) is 7.05 Å². The molecular formula is C21H27N5O3. The van der Waals surface area contributed by atoms with Crippen molar-refractivity contribution >= 4 is 17.0 Å². The number of hydrogen-bond donors (Lipinski definition) is 1. The summed E-state index contributed by atoms with van der Waals surface area (Å²) in [7, 11) is 1.91. The number of carbonyl (C=O) groups excluding carboxylic acids is 1. The molecule has 0 saturated heterocycles. The van der Waals surface area contributed by atoms with E-state index in [9.17, 15) is 4.79 Å². The molecule has 1 saturated carbocycles. The number of benzene rings is 1. The molecule has 1 aliphatic rings. The number of rotatable bonds is 3. The predicted octanol–water partition coefficient (Wildman–Crippen LogP) is 4.17. The molecule has 1 aromatic carbocycles. The van der Waals surface area contributed by atoms with Crippen LogP contribution in [0, 0.1) is 0 Å².